The molecule has 130 valence electrons. The van der Waals surface area contributed by atoms with Gasteiger partial charge in [-0.05, 0) is 31.9 Å². The number of alkyl halides is 3. The summed E-state index contributed by atoms with van der Waals surface area (Å²) < 4.78 is 36.1. The second kappa shape index (κ2) is 11.2. The molecule has 1 aromatic carbocycles. The minimum atomic E-state index is -4.07. The van der Waals surface area contributed by atoms with Crippen LogP contribution in [-0.2, 0) is 0 Å². The fourth-order valence-electron chi connectivity index (χ4n) is 1.82. The smallest absolute Gasteiger partial charge is 0.357 e. The first kappa shape index (κ1) is 19.7. The molecule has 0 aromatic heterocycles. The van der Waals surface area contributed by atoms with Gasteiger partial charge < -0.3 is 10.6 Å². The molecule has 3 nitrogen and oxygen atoms in total. The Bertz CT molecular complexity index is 450. The number of unbranched alkanes of at least 4 members (excludes halogenated alkanes) is 1. The van der Waals surface area contributed by atoms with Gasteiger partial charge in [0.2, 0.25) is 0 Å². The van der Waals surface area contributed by atoms with E-state index in [-0.39, 0.29) is 6.42 Å². The molecule has 7 heteroatoms. The predicted octanol–water partition coefficient (Wildman–Crippen LogP) is 4.07. The minimum absolute atomic E-state index is 0.121. The average molecular weight is 347 g/mol. The normalized spacial score (nSPS) is 12.3. The molecule has 0 bridgehead atoms. The molecule has 0 aliphatic rings. The third-order valence-corrected chi connectivity index (χ3v) is 3.90. The molecule has 0 fully saturated rings. The van der Waals surface area contributed by atoms with Crippen LogP contribution < -0.4 is 10.6 Å². The highest BCUT2D eigenvalue weighted by atomic mass is 32.2. The standard InChI is InChI=1S/C16H24F3N3S/c1-2-20-15(21-11-7-6-10-16(17,18)19)22-12-13-23-14-8-4-3-5-9-14/h3-5,8-9H,2,6-7,10-13H2,1H3,(H2,20,21,22). The van der Waals surface area contributed by atoms with Crippen molar-refractivity contribution < 1.29 is 13.2 Å². The number of hydrogen-bond acceptors (Lipinski definition) is 2. The van der Waals surface area contributed by atoms with Gasteiger partial charge in [0.15, 0.2) is 5.96 Å². The Morgan fingerprint density at radius 3 is 2.52 bits per heavy atom. The highest BCUT2D eigenvalue weighted by Gasteiger charge is 2.25. The molecule has 0 heterocycles. The first-order valence-electron chi connectivity index (χ1n) is 7.78. The van der Waals surface area contributed by atoms with E-state index in [9.17, 15) is 13.2 Å². The van der Waals surface area contributed by atoms with Gasteiger partial charge in [0.1, 0.15) is 0 Å². The van der Waals surface area contributed by atoms with Crippen molar-refractivity contribution in [3.63, 3.8) is 0 Å². The lowest BCUT2D eigenvalue weighted by molar-refractivity contribution is -0.135. The minimum Gasteiger partial charge on any atom is -0.357 e. The van der Waals surface area contributed by atoms with Crippen molar-refractivity contribution >= 4 is 17.7 Å². The summed E-state index contributed by atoms with van der Waals surface area (Å²) in [5.74, 6) is 1.55. The number of aliphatic imine (C=N–C) groups is 1. The molecular formula is C16H24F3N3S. The van der Waals surface area contributed by atoms with Crippen LogP contribution in [-0.4, -0.2) is 37.5 Å². The van der Waals surface area contributed by atoms with E-state index < -0.39 is 12.6 Å². The van der Waals surface area contributed by atoms with E-state index in [1.165, 1.54) is 4.90 Å². The van der Waals surface area contributed by atoms with E-state index in [1.54, 1.807) is 11.8 Å². The quantitative estimate of drug-likeness (QED) is 0.306. The summed E-state index contributed by atoms with van der Waals surface area (Å²) in [7, 11) is 0. The Balaban J connectivity index is 2.21. The molecule has 0 unspecified atom stereocenters. The van der Waals surface area contributed by atoms with E-state index >= 15 is 0 Å². The fraction of sp³-hybridized carbons (Fsp3) is 0.562. The second-order valence-corrected chi connectivity index (χ2v) is 6.09. The number of nitrogens with one attached hydrogen (secondary N) is 2. The Kier molecular flexibility index (Phi) is 9.59. The maximum Gasteiger partial charge on any atom is 0.389 e. The topological polar surface area (TPSA) is 36.4 Å². The number of nitrogens with zero attached hydrogens (tertiary/aromatic N) is 1. The summed E-state index contributed by atoms with van der Waals surface area (Å²) in [5, 5.41) is 6.29. The molecule has 0 saturated heterocycles. The number of thioether (sulfide) groups is 1. The zero-order valence-electron chi connectivity index (χ0n) is 13.3. The fourth-order valence-corrected chi connectivity index (χ4v) is 2.61. The first-order chi connectivity index (χ1) is 11.0. The summed E-state index contributed by atoms with van der Waals surface area (Å²) >= 11 is 1.74. The van der Waals surface area contributed by atoms with E-state index in [1.807, 2.05) is 25.1 Å². The number of benzene rings is 1. The third kappa shape index (κ3) is 10.9. The molecular weight excluding hydrogens is 323 g/mol. The molecule has 2 N–H and O–H groups in total. The van der Waals surface area contributed by atoms with Gasteiger partial charge in [0.05, 0.1) is 0 Å². The van der Waals surface area contributed by atoms with Crippen molar-refractivity contribution in [1.29, 1.82) is 0 Å². The van der Waals surface area contributed by atoms with Gasteiger partial charge in [-0.15, -0.1) is 11.8 Å². The first-order valence-corrected chi connectivity index (χ1v) is 8.76. The zero-order chi connectivity index (χ0) is 17.0. The van der Waals surface area contributed by atoms with Gasteiger partial charge >= 0.3 is 6.18 Å². The monoisotopic (exact) mass is 347 g/mol. The van der Waals surface area contributed by atoms with E-state index in [4.69, 9.17) is 0 Å². The summed E-state index contributed by atoms with van der Waals surface area (Å²) in [5.41, 5.74) is 0. The molecule has 0 saturated carbocycles. The van der Waals surface area contributed by atoms with Crippen LogP contribution in [0, 0.1) is 0 Å². The van der Waals surface area contributed by atoms with Gasteiger partial charge in [-0.25, -0.2) is 0 Å². The molecule has 0 atom stereocenters. The number of hydrogen-bond donors (Lipinski definition) is 2. The SMILES string of the molecule is CCNC(=NCCCCC(F)(F)F)NCCSc1ccccc1. The van der Waals surface area contributed by atoms with E-state index in [0.717, 1.165) is 18.8 Å². The molecule has 1 aromatic rings. The summed E-state index contributed by atoms with van der Waals surface area (Å²) in [6.07, 6.45) is -4.24. The van der Waals surface area contributed by atoms with Crippen molar-refractivity contribution in [2.75, 3.05) is 25.4 Å². The number of guanidine groups is 1. The van der Waals surface area contributed by atoms with Crippen LogP contribution in [0.25, 0.3) is 0 Å². The van der Waals surface area contributed by atoms with Crippen LogP contribution in [0.5, 0.6) is 0 Å². The lowest BCUT2D eigenvalue weighted by Gasteiger charge is -2.11. The molecule has 0 radical (unpaired) electrons. The maximum atomic E-state index is 12.0. The van der Waals surface area contributed by atoms with Crippen molar-refractivity contribution in [2.45, 2.75) is 37.3 Å². The Morgan fingerprint density at radius 2 is 1.87 bits per heavy atom. The summed E-state index contributed by atoms with van der Waals surface area (Å²) in [6.45, 7) is 3.82. The lowest BCUT2D eigenvalue weighted by atomic mass is 10.2. The average Bonchev–Trinajstić information content (AvgIpc) is 2.51. The molecule has 1 rings (SSSR count). The summed E-state index contributed by atoms with van der Waals surface area (Å²) in [6, 6.07) is 10.1. The van der Waals surface area contributed by atoms with Gasteiger partial charge in [0, 0.05) is 36.7 Å². The highest BCUT2D eigenvalue weighted by Crippen LogP contribution is 2.22. The number of halogens is 3. The van der Waals surface area contributed by atoms with Gasteiger partial charge in [-0.3, -0.25) is 4.99 Å². The molecule has 0 spiro atoms. The van der Waals surface area contributed by atoms with Crippen LogP contribution in [0.2, 0.25) is 0 Å². The molecule has 23 heavy (non-hydrogen) atoms. The Hall–Kier alpha value is -1.37. The van der Waals surface area contributed by atoms with Crippen LogP contribution in [0.3, 0.4) is 0 Å². The summed E-state index contributed by atoms with van der Waals surface area (Å²) in [4.78, 5) is 5.51. The lowest BCUT2D eigenvalue weighted by Crippen LogP contribution is -2.38. The van der Waals surface area contributed by atoms with Gasteiger partial charge in [-0.2, -0.15) is 13.2 Å². The molecule has 0 aliphatic carbocycles. The highest BCUT2D eigenvalue weighted by molar-refractivity contribution is 7.99. The van der Waals surface area contributed by atoms with Crippen molar-refractivity contribution in [3.8, 4) is 0 Å². The van der Waals surface area contributed by atoms with Crippen LogP contribution >= 0.6 is 11.8 Å². The third-order valence-electron chi connectivity index (χ3n) is 2.89. The van der Waals surface area contributed by atoms with Gasteiger partial charge in [-0.1, -0.05) is 18.2 Å². The van der Waals surface area contributed by atoms with Crippen LogP contribution in [0.15, 0.2) is 40.2 Å². The van der Waals surface area contributed by atoms with Gasteiger partial charge in [0.25, 0.3) is 0 Å². The largest absolute Gasteiger partial charge is 0.389 e. The van der Waals surface area contributed by atoms with E-state index in [2.05, 4.69) is 27.8 Å². The molecule has 0 amide bonds. The number of rotatable bonds is 9. The Morgan fingerprint density at radius 1 is 1.13 bits per heavy atom. The Labute approximate surface area is 140 Å². The van der Waals surface area contributed by atoms with Crippen LogP contribution in [0.4, 0.5) is 13.2 Å². The van der Waals surface area contributed by atoms with Crippen molar-refractivity contribution in [1.82, 2.24) is 10.6 Å². The van der Waals surface area contributed by atoms with Crippen molar-refractivity contribution in [3.05, 3.63) is 30.3 Å². The zero-order valence-corrected chi connectivity index (χ0v) is 14.1. The molecule has 0 aliphatic heterocycles. The van der Waals surface area contributed by atoms with Crippen LogP contribution in [0.1, 0.15) is 26.2 Å². The van der Waals surface area contributed by atoms with Crippen molar-refractivity contribution in [2.24, 2.45) is 4.99 Å². The maximum absolute atomic E-state index is 12.0. The van der Waals surface area contributed by atoms with E-state index in [0.29, 0.717) is 18.9 Å². The second-order valence-electron chi connectivity index (χ2n) is 4.92. The predicted molar refractivity (Wildman–Crippen MR) is 91.1 cm³/mol.